The number of fused-ring (bicyclic) bond motifs is 3. The number of amides is 1. The van der Waals surface area contributed by atoms with Crippen LogP contribution < -0.4 is 5.32 Å². The second kappa shape index (κ2) is 8.10. The Morgan fingerprint density at radius 1 is 1.04 bits per heavy atom. The normalized spacial score (nSPS) is 11.9. The van der Waals surface area contributed by atoms with E-state index in [1.54, 1.807) is 12.4 Å². The van der Waals surface area contributed by atoms with Crippen LogP contribution in [0.2, 0.25) is 0 Å². The third-order valence-electron chi connectivity index (χ3n) is 5.00. The van der Waals surface area contributed by atoms with Crippen LogP contribution in [0.4, 0.5) is 0 Å². The third kappa shape index (κ3) is 3.54. The number of carbonyl (C=O) groups is 1. The molecule has 3 aromatic rings. The molecular weight excluding hydrogens is 344 g/mol. The molecule has 0 spiro atoms. The molecule has 1 aliphatic carbocycles. The Morgan fingerprint density at radius 3 is 2.39 bits per heavy atom. The first-order chi connectivity index (χ1) is 13.8. The van der Waals surface area contributed by atoms with Gasteiger partial charge >= 0.3 is 0 Å². The first-order valence-electron chi connectivity index (χ1n) is 9.71. The van der Waals surface area contributed by atoms with Crippen molar-refractivity contribution >= 4 is 5.91 Å². The number of nitrogens with zero attached hydrogens (tertiary/aromatic N) is 1. The van der Waals surface area contributed by atoms with Gasteiger partial charge in [-0.2, -0.15) is 0 Å². The quantitative estimate of drug-likeness (QED) is 0.514. The van der Waals surface area contributed by atoms with Gasteiger partial charge in [0, 0.05) is 24.4 Å². The standard InChI is InChI=1S/C25H22N2O/c1-2-3-4-5-10-18-15-19(17-26-16-18)25(28)27-24-22-13-8-6-11-20(22)21-12-7-9-14-23(21)24/h6-9,11-17,24H,2-4H2,1H3,(H,27,28). The molecule has 0 fully saturated rings. The lowest BCUT2D eigenvalue weighted by atomic mass is 10.0. The van der Waals surface area contributed by atoms with Gasteiger partial charge in [0.15, 0.2) is 0 Å². The van der Waals surface area contributed by atoms with Gasteiger partial charge in [0.1, 0.15) is 0 Å². The SMILES string of the molecule is CCCCC#Cc1cncc(C(=O)NC2c3ccccc3-c3ccccc32)c1. The number of benzene rings is 2. The zero-order chi connectivity index (χ0) is 19.3. The Kier molecular flexibility index (Phi) is 5.21. The molecule has 3 nitrogen and oxygen atoms in total. The molecule has 0 bridgehead atoms. The van der Waals surface area contributed by atoms with E-state index in [9.17, 15) is 4.79 Å². The highest BCUT2D eigenvalue weighted by atomic mass is 16.1. The molecule has 1 N–H and O–H groups in total. The second-order valence-electron chi connectivity index (χ2n) is 6.95. The van der Waals surface area contributed by atoms with Crippen LogP contribution in [-0.4, -0.2) is 10.9 Å². The van der Waals surface area contributed by atoms with Gasteiger partial charge in [-0.1, -0.05) is 73.7 Å². The van der Waals surface area contributed by atoms with Crippen LogP contribution in [0.3, 0.4) is 0 Å². The number of aromatic nitrogens is 1. The second-order valence-corrected chi connectivity index (χ2v) is 6.95. The van der Waals surface area contributed by atoms with Gasteiger partial charge in [0.05, 0.1) is 11.6 Å². The summed E-state index contributed by atoms with van der Waals surface area (Å²) in [5.74, 6) is 6.12. The Labute approximate surface area is 165 Å². The van der Waals surface area contributed by atoms with E-state index in [1.807, 2.05) is 30.3 Å². The van der Waals surface area contributed by atoms with Crippen molar-refractivity contribution in [1.82, 2.24) is 10.3 Å². The van der Waals surface area contributed by atoms with Crippen molar-refractivity contribution in [3.8, 4) is 23.0 Å². The first kappa shape index (κ1) is 18.0. The summed E-state index contributed by atoms with van der Waals surface area (Å²) in [4.78, 5) is 17.2. The average Bonchev–Trinajstić information content (AvgIpc) is 3.05. The topological polar surface area (TPSA) is 42.0 Å². The van der Waals surface area contributed by atoms with Gasteiger partial charge in [-0.25, -0.2) is 0 Å². The Hall–Kier alpha value is -3.38. The molecule has 1 heterocycles. The van der Waals surface area contributed by atoms with Gasteiger partial charge in [-0.05, 0) is 34.7 Å². The smallest absolute Gasteiger partial charge is 0.253 e. The number of hydrogen-bond donors (Lipinski definition) is 1. The first-order valence-corrected chi connectivity index (χ1v) is 9.71. The molecule has 0 atom stereocenters. The van der Waals surface area contributed by atoms with Crippen LogP contribution >= 0.6 is 0 Å². The molecule has 1 aromatic heterocycles. The molecule has 2 aromatic carbocycles. The maximum atomic E-state index is 12.9. The van der Waals surface area contributed by atoms with Crippen molar-refractivity contribution in [3.05, 3.63) is 89.2 Å². The average molecular weight is 366 g/mol. The predicted octanol–water partition coefficient (Wildman–Crippen LogP) is 5.12. The lowest BCUT2D eigenvalue weighted by molar-refractivity contribution is 0.0943. The monoisotopic (exact) mass is 366 g/mol. The fourth-order valence-electron chi connectivity index (χ4n) is 3.59. The molecule has 138 valence electrons. The molecule has 28 heavy (non-hydrogen) atoms. The number of hydrogen-bond acceptors (Lipinski definition) is 2. The van der Waals surface area contributed by atoms with Crippen molar-refractivity contribution in [2.24, 2.45) is 0 Å². The van der Waals surface area contributed by atoms with Crippen LogP contribution in [0.5, 0.6) is 0 Å². The Balaban J connectivity index is 1.58. The molecule has 0 radical (unpaired) electrons. The van der Waals surface area contributed by atoms with Crippen molar-refractivity contribution in [2.45, 2.75) is 32.2 Å². The summed E-state index contributed by atoms with van der Waals surface area (Å²) in [5.41, 5.74) is 5.91. The number of nitrogens with one attached hydrogen (secondary N) is 1. The summed E-state index contributed by atoms with van der Waals surface area (Å²) in [7, 11) is 0. The third-order valence-corrected chi connectivity index (χ3v) is 5.00. The van der Waals surface area contributed by atoms with Crippen molar-refractivity contribution in [2.75, 3.05) is 0 Å². The zero-order valence-electron chi connectivity index (χ0n) is 15.9. The summed E-state index contributed by atoms with van der Waals surface area (Å²) in [6, 6.07) is 18.1. The minimum atomic E-state index is -0.154. The van der Waals surface area contributed by atoms with E-state index < -0.39 is 0 Å². The maximum Gasteiger partial charge on any atom is 0.253 e. The van der Waals surface area contributed by atoms with Crippen LogP contribution in [0.1, 0.15) is 59.3 Å². The number of unbranched alkanes of at least 4 members (excludes halogenated alkanes) is 2. The van der Waals surface area contributed by atoms with Crippen LogP contribution in [0.25, 0.3) is 11.1 Å². The molecule has 0 saturated heterocycles. The van der Waals surface area contributed by atoms with Crippen molar-refractivity contribution < 1.29 is 4.79 Å². The highest BCUT2D eigenvalue weighted by Crippen LogP contribution is 2.43. The molecular formula is C25H22N2O. The summed E-state index contributed by atoms with van der Waals surface area (Å²) in [6.07, 6.45) is 6.37. The van der Waals surface area contributed by atoms with Crippen molar-refractivity contribution in [1.29, 1.82) is 0 Å². The molecule has 1 aliphatic rings. The Morgan fingerprint density at radius 2 is 1.71 bits per heavy atom. The van der Waals surface area contributed by atoms with Gasteiger partial charge < -0.3 is 5.32 Å². The molecule has 3 heteroatoms. The van der Waals surface area contributed by atoms with Gasteiger partial charge in [0.2, 0.25) is 0 Å². The van der Waals surface area contributed by atoms with Crippen LogP contribution in [0, 0.1) is 11.8 Å². The van der Waals surface area contributed by atoms with Gasteiger partial charge in [-0.3, -0.25) is 9.78 Å². The van der Waals surface area contributed by atoms with Crippen LogP contribution in [-0.2, 0) is 0 Å². The minimum Gasteiger partial charge on any atom is -0.341 e. The summed E-state index contributed by atoms with van der Waals surface area (Å²) >= 11 is 0. The van der Waals surface area contributed by atoms with Crippen molar-refractivity contribution in [3.63, 3.8) is 0 Å². The van der Waals surface area contributed by atoms with E-state index in [0.717, 1.165) is 36.0 Å². The molecule has 4 rings (SSSR count). The van der Waals surface area contributed by atoms with E-state index in [1.165, 1.54) is 11.1 Å². The fraction of sp³-hybridized carbons (Fsp3) is 0.200. The molecule has 0 saturated carbocycles. The minimum absolute atomic E-state index is 0.138. The highest BCUT2D eigenvalue weighted by Gasteiger charge is 2.29. The van der Waals surface area contributed by atoms with E-state index >= 15 is 0 Å². The lowest BCUT2D eigenvalue weighted by Gasteiger charge is -2.16. The van der Waals surface area contributed by atoms with E-state index in [2.05, 4.69) is 53.3 Å². The predicted molar refractivity (Wildman–Crippen MR) is 112 cm³/mol. The summed E-state index contributed by atoms with van der Waals surface area (Å²) in [5, 5.41) is 3.18. The van der Waals surface area contributed by atoms with Gasteiger partial charge in [-0.15, -0.1) is 0 Å². The number of rotatable bonds is 4. The fourth-order valence-corrected chi connectivity index (χ4v) is 3.59. The molecule has 0 unspecified atom stereocenters. The number of carbonyl (C=O) groups excluding carboxylic acids is 1. The lowest BCUT2D eigenvalue weighted by Crippen LogP contribution is -2.28. The zero-order valence-corrected chi connectivity index (χ0v) is 15.9. The highest BCUT2D eigenvalue weighted by molar-refractivity contribution is 5.95. The summed E-state index contributed by atoms with van der Waals surface area (Å²) < 4.78 is 0. The maximum absolute atomic E-state index is 12.9. The van der Waals surface area contributed by atoms with Crippen LogP contribution in [0.15, 0.2) is 67.0 Å². The number of pyridine rings is 1. The van der Waals surface area contributed by atoms with E-state index in [-0.39, 0.29) is 11.9 Å². The summed E-state index contributed by atoms with van der Waals surface area (Å²) in [6.45, 7) is 2.15. The van der Waals surface area contributed by atoms with E-state index in [4.69, 9.17) is 0 Å². The molecule has 1 amide bonds. The van der Waals surface area contributed by atoms with Gasteiger partial charge in [0.25, 0.3) is 5.91 Å². The largest absolute Gasteiger partial charge is 0.341 e. The Bertz CT molecular complexity index is 1030. The molecule has 0 aliphatic heterocycles. The van der Waals surface area contributed by atoms with E-state index in [0.29, 0.717) is 5.56 Å².